The number of ether oxygens (including phenoxy) is 3. The fraction of sp³-hybridized carbons (Fsp3) is 0.643. The van der Waals surface area contributed by atoms with E-state index in [1.54, 1.807) is 0 Å². The molecule has 12 heteroatoms. The molecule has 0 aliphatic rings. The molecule has 466 valence electrons. The van der Waals surface area contributed by atoms with Crippen molar-refractivity contribution in [3.63, 3.8) is 0 Å². The van der Waals surface area contributed by atoms with Gasteiger partial charge in [-0.15, -0.1) is 0 Å². The Bertz CT molecular complexity index is 1890. The van der Waals surface area contributed by atoms with Gasteiger partial charge in [0.15, 0.2) is 6.10 Å². The largest absolute Gasteiger partial charge is 0.472 e. The van der Waals surface area contributed by atoms with E-state index in [2.05, 4.69) is 154 Å². The highest BCUT2D eigenvalue weighted by Crippen LogP contribution is 2.43. The second kappa shape index (κ2) is 62.7. The molecule has 0 rings (SSSR count). The SMILES string of the molecule is CC/C=C\C/C=C\C/C=C\C/C=C\C/C=C\CCCCCC(=O)OC(COC(=O)CCCCCCCCC/C=C\C/C=C\CCCCC)COP(=O)(O)OCC(CO)OC(=O)CCCCCCCC/C=C\C/C=C\C/C=C\C/C=C\CC. The number of esters is 3. The lowest BCUT2D eigenvalue weighted by atomic mass is 10.1. The molecular weight excluding hydrogens is 1050 g/mol. The van der Waals surface area contributed by atoms with Crippen LogP contribution in [0.2, 0.25) is 0 Å². The number of hydrogen-bond acceptors (Lipinski definition) is 10. The molecule has 0 saturated carbocycles. The van der Waals surface area contributed by atoms with Gasteiger partial charge >= 0.3 is 25.7 Å². The summed E-state index contributed by atoms with van der Waals surface area (Å²) in [6.45, 7) is 4.34. The fourth-order valence-electron chi connectivity index (χ4n) is 8.23. The Hall–Kier alpha value is -4.38. The summed E-state index contributed by atoms with van der Waals surface area (Å²) >= 11 is 0. The summed E-state index contributed by atoms with van der Waals surface area (Å²) in [5.74, 6) is -1.53. The molecule has 0 amide bonds. The van der Waals surface area contributed by atoms with Gasteiger partial charge in [0, 0.05) is 19.3 Å². The third-order valence-corrected chi connectivity index (χ3v) is 14.0. The zero-order valence-electron chi connectivity index (χ0n) is 51.7. The number of allylic oxidation sites excluding steroid dienone is 22. The molecule has 0 heterocycles. The topological polar surface area (TPSA) is 155 Å². The molecule has 0 fully saturated rings. The van der Waals surface area contributed by atoms with Crippen LogP contribution in [0, 0.1) is 0 Å². The van der Waals surface area contributed by atoms with E-state index < -0.39 is 57.8 Å². The Morgan fingerprint density at radius 2 is 0.634 bits per heavy atom. The van der Waals surface area contributed by atoms with Crippen LogP contribution in [0.25, 0.3) is 0 Å². The van der Waals surface area contributed by atoms with Gasteiger partial charge in [0.2, 0.25) is 0 Å². The van der Waals surface area contributed by atoms with Gasteiger partial charge in [-0.2, -0.15) is 0 Å². The molecule has 82 heavy (non-hydrogen) atoms. The summed E-state index contributed by atoms with van der Waals surface area (Å²) < 4.78 is 39.7. The van der Waals surface area contributed by atoms with E-state index in [4.69, 9.17) is 23.3 Å². The first kappa shape index (κ1) is 77.6. The van der Waals surface area contributed by atoms with Gasteiger partial charge in [-0.25, -0.2) is 4.57 Å². The molecule has 11 nitrogen and oxygen atoms in total. The summed E-state index contributed by atoms with van der Waals surface area (Å²) in [7, 11) is -4.78. The van der Waals surface area contributed by atoms with Crippen LogP contribution in [-0.2, 0) is 42.2 Å². The highest BCUT2D eigenvalue weighted by molar-refractivity contribution is 7.47. The monoisotopic (exact) mass is 1160 g/mol. The van der Waals surface area contributed by atoms with Crippen LogP contribution in [0.1, 0.15) is 252 Å². The maximum atomic E-state index is 13.0. The number of aliphatic hydroxyl groups excluding tert-OH is 1. The van der Waals surface area contributed by atoms with Crippen molar-refractivity contribution in [2.24, 2.45) is 0 Å². The number of carbonyl (C=O) groups excluding carboxylic acids is 3. The summed E-state index contributed by atoms with van der Waals surface area (Å²) in [4.78, 5) is 48.8. The average molecular weight is 1160 g/mol. The third-order valence-electron chi connectivity index (χ3n) is 13.0. The van der Waals surface area contributed by atoms with Crippen LogP contribution < -0.4 is 0 Å². The fourth-order valence-corrected chi connectivity index (χ4v) is 9.01. The summed E-state index contributed by atoms with van der Waals surface area (Å²) in [6, 6.07) is 0. The van der Waals surface area contributed by atoms with Gasteiger partial charge < -0.3 is 24.2 Å². The number of carbonyl (C=O) groups is 3. The number of aliphatic hydroxyl groups is 1. The van der Waals surface area contributed by atoms with E-state index in [-0.39, 0.29) is 25.9 Å². The van der Waals surface area contributed by atoms with Crippen LogP contribution in [0.3, 0.4) is 0 Å². The van der Waals surface area contributed by atoms with Crippen molar-refractivity contribution in [2.45, 2.75) is 264 Å². The van der Waals surface area contributed by atoms with Crippen LogP contribution in [0.4, 0.5) is 0 Å². The van der Waals surface area contributed by atoms with Gasteiger partial charge in [0.1, 0.15) is 12.7 Å². The maximum Gasteiger partial charge on any atom is 0.472 e. The number of hydrogen-bond donors (Lipinski definition) is 2. The Labute approximate surface area is 500 Å². The second-order valence-corrected chi connectivity index (χ2v) is 22.3. The molecule has 0 spiro atoms. The number of unbranched alkanes of at least 4 members (excludes halogenated alkanes) is 19. The Morgan fingerprint density at radius 3 is 0.988 bits per heavy atom. The van der Waals surface area contributed by atoms with Crippen LogP contribution in [0.15, 0.2) is 134 Å². The van der Waals surface area contributed by atoms with Crippen molar-refractivity contribution in [1.29, 1.82) is 0 Å². The molecule has 3 atom stereocenters. The molecule has 0 aliphatic carbocycles. The van der Waals surface area contributed by atoms with Crippen LogP contribution in [0.5, 0.6) is 0 Å². The lowest BCUT2D eigenvalue weighted by Gasteiger charge is -2.21. The third kappa shape index (κ3) is 60.2. The molecule has 0 aromatic carbocycles. The summed E-state index contributed by atoms with van der Waals surface area (Å²) in [5.41, 5.74) is 0. The second-order valence-electron chi connectivity index (χ2n) is 20.8. The van der Waals surface area contributed by atoms with Crippen molar-refractivity contribution in [3.05, 3.63) is 134 Å². The standard InChI is InChI=1S/C70H115O11P/c1-4-7-10-13-16-19-22-25-28-31-33-36-39-42-45-48-51-54-57-60-69(73)80-66(62-71)64-78-82(75,76)79-65-67(63-77-68(72)59-56-53-50-47-44-41-38-35-30-27-24-21-18-15-12-9-6-3)81-70(74)61-58-55-52-49-46-43-40-37-34-32-29-26-23-20-17-14-11-8-5-2/h7-8,10-11,16-21,25-30,33-34,36-37,43,46,66-67,71H,4-6,9,12-15,22-24,31-32,35,38-42,44-45,47-65H2,1-3H3,(H,75,76)/b10-7-,11-8-,19-16-,20-17-,21-18-,28-25-,29-26-,30-27-,36-33-,37-34-,46-43-. The van der Waals surface area contributed by atoms with E-state index in [9.17, 15) is 28.9 Å². The molecule has 3 unspecified atom stereocenters. The van der Waals surface area contributed by atoms with Gasteiger partial charge in [-0.1, -0.05) is 231 Å². The van der Waals surface area contributed by atoms with E-state index in [1.807, 2.05) is 0 Å². The minimum atomic E-state index is -4.78. The molecular formula is C70H115O11P. The smallest absolute Gasteiger partial charge is 0.462 e. The molecule has 0 radical (unpaired) electrons. The van der Waals surface area contributed by atoms with Crippen molar-refractivity contribution in [1.82, 2.24) is 0 Å². The first-order chi connectivity index (χ1) is 40.2. The van der Waals surface area contributed by atoms with Crippen molar-refractivity contribution in [3.8, 4) is 0 Å². The first-order valence-electron chi connectivity index (χ1n) is 32.1. The highest BCUT2D eigenvalue weighted by atomic mass is 31.2. The Balaban J connectivity index is 4.79. The number of phosphoric ester groups is 1. The zero-order valence-corrected chi connectivity index (χ0v) is 52.6. The average Bonchev–Trinajstić information content (AvgIpc) is 3.50. The predicted octanol–water partition coefficient (Wildman–Crippen LogP) is 19.7. The molecule has 2 N–H and O–H groups in total. The van der Waals surface area contributed by atoms with Crippen molar-refractivity contribution < 1.29 is 52.2 Å². The predicted molar refractivity (Wildman–Crippen MR) is 343 cm³/mol. The number of rotatable bonds is 58. The van der Waals surface area contributed by atoms with E-state index in [0.717, 1.165) is 154 Å². The van der Waals surface area contributed by atoms with Gasteiger partial charge in [0.05, 0.1) is 19.8 Å². The van der Waals surface area contributed by atoms with E-state index >= 15 is 0 Å². The minimum Gasteiger partial charge on any atom is -0.462 e. The minimum absolute atomic E-state index is 0.119. The molecule has 0 bridgehead atoms. The summed E-state index contributed by atoms with van der Waals surface area (Å²) in [6.07, 6.45) is 79.7. The molecule has 0 saturated heterocycles. The summed E-state index contributed by atoms with van der Waals surface area (Å²) in [5, 5.41) is 9.86. The van der Waals surface area contributed by atoms with E-state index in [1.165, 1.54) is 38.5 Å². The molecule has 0 aromatic heterocycles. The lowest BCUT2D eigenvalue weighted by molar-refractivity contribution is -0.161. The van der Waals surface area contributed by atoms with Gasteiger partial charge in [-0.05, 0) is 135 Å². The highest BCUT2D eigenvalue weighted by Gasteiger charge is 2.28. The Morgan fingerprint density at radius 1 is 0.354 bits per heavy atom. The maximum absolute atomic E-state index is 13.0. The quantitative estimate of drug-likeness (QED) is 0.0197. The number of phosphoric acid groups is 1. The van der Waals surface area contributed by atoms with Crippen molar-refractivity contribution >= 4 is 25.7 Å². The molecule has 0 aromatic rings. The van der Waals surface area contributed by atoms with Crippen LogP contribution >= 0.6 is 7.82 Å². The molecule has 0 aliphatic heterocycles. The first-order valence-corrected chi connectivity index (χ1v) is 33.6. The lowest BCUT2D eigenvalue weighted by Crippen LogP contribution is -2.30. The zero-order chi connectivity index (χ0) is 59.8. The van der Waals surface area contributed by atoms with Gasteiger partial charge in [0.25, 0.3) is 0 Å². The van der Waals surface area contributed by atoms with Gasteiger partial charge in [-0.3, -0.25) is 23.4 Å². The Kier molecular flexibility index (Phi) is 59.3. The van der Waals surface area contributed by atoms with Crippen LogP contribution in [-0.4, -0.2) is 66.5 Å². The van der Waals surface area contributed by atoms with Crippen molar-refractivity contribution in [2.75, 3.05) is 26.4 Å². The van der Waals surface area contributed by atoms with E-state index in [0.29, 0.717) is 19.3 Å². The normalized spacial score (nSPS) is 14.2.